The number of nitrogens with two attached hydrogens (primary N) is 1. The van der Waals surface area contributed by atoms with E-state index in [1.165, 1.54) is 6.39 Å². The van der Waals surface area contributed by atoms with Gasteiger partial charge in [0.05, 0.1) is 16.7 Å². The van der Waals surface area contributed by atoms with Crippen molar-refractivity contribution in [1.82, 2.24) is 10.3 Å². The van der Waals surface area contributed by atoms with E-state index in [9.17, 15) is 4.79 Å². The standard InChI is InChI=1S/C9H13N3O2S/c1-3-6(8(10)15)12-9(13)7-5(2)11-4-14-7/h4,6H,3H2,1-2H3,(H2,10,15)(H,12,13). The number of aryl methyl sites for hydroxylation is 1. The summed E-state index contributed by atoms with van der Waals surface area (Å²) in [6, 6.07) is -0.308. The summed E-state index contributed by atoms with van der Waals surface area (Å²) in [5.41, 5.74) is 6.00. The van der Waals surface area contributed by atoms with E-state index in [-0.39, 0.29) is 22.7 Å². The van der Waals surface area contributed by atoms with Crippen molar-refractivity contribution >= 4 is 23.1 Å². The molecule has 0 saturated heterocycles. The Kier molecular flexibility index (Phi) is 3.79. The van der Waals surface area contributed by atoms with Crippen LogP contribution < -0.4 is 11.1 Å². The smallest absolute Gasteiger partial charge is 0.289 e. The predicted octanol–water partition coefficient (Wildman–Crippen LogP) is 0.778. The molecule has 0 fully saturated rings. The lowest BCUT2D eigenvalue weighted by Gasteiger charge is -2.14. The lowest BCUT2D eigenvalue weighted by molar-refractivity contribution is 0.0917. The van der Waals surface area contributed by atoms with Gasteiger partial charge < -0.3 is 15.5 Å². The van der Waals surface area contributed by atoms with E-state index in [1.54, 1.807) is 6.92 Å². The zero-order chi connectivity index (χ0) is 11.4. The zero-order valence-electron chi connectivity index (χ0n) is 8.61. The molecule has 0 aliphatic heterocycles. The van der Waals surface area contributed by atoms with Crippen LogP contribution in [0.5, 0.6) is 0 Å². The Balaban J connectivity index is 2.71. The number of carbonyl (C=O) groups excluding carboxylic acids is 1. The Morgan fingerprint density at radius 3 is 2.87 bits per heavy atom. The van der Waals surface area contributed by atoms with Gasteiger partial charge in [-0.1, -0.05) is 19.1 Å². The first kappa shape index (κ1) is 11.6. The summed E-state index contributed by atoms with van der Waals surface area (Å²) >= 11 is 4.81. The number of oxazole rings is 1. The van der Waals surface area contributed by atoms with Crippen LogP contribution >= 0.6 is 12.2 Å². The molecule has 1 atom stereocenters. The van der Waals surface area contributed by atoms with Gasteiger partial charge >= 0.3 is 0 Å². The Bertz CT molecular complexity index is 375. The highest BCUT2D eigenvalue weighted by molar-refractivity contribution is 7.80. The lowest BCUT2D eigenvalue weighted by Crippen LogP contribution is -2.43. The van der Waals surface area contributed by atoms with Crippen molar-refractivity contribution in [3.63, 3.8) is 0 Å². The van der Waals surface area contributed by atoms with Gasteiger partial charge in [-0.05, 0) is 13.3 Å². The number of carbonyl (C=O) groups is 1. The summed E-state index contributed by atoms with van der Waals surface area (Å²) in [4.78, 5) is 15.7. The molecule has 0 bridgehead atoms. The van der Waals surface area contributed by atoms with E-state index in [1.807, 2.05) is 6.92 Å². The first-order valence-corrected chi connectivity index (χ1v) is 4.97. The molecule has 1 aromatic heterocycles. The van der Waals surface area contributed by atoms with Crippen molar-refractivity contribution in [3.8, 4) is 0 Å². The van der Waals surface area contributed by atoms with Gasteiger partial charge in [0.15, 0.2) is 6.39 Å². The summed E-state index contributed by atoms with van der Waals surface area (Å²) in [5, 5.41) is 2.67. The van der Waals surface area contributed by atoms with E-state index in [4.69, 9.17) is 22.4 Å². The maximum atomic E-state index is 11.6. The Hall–Kier alpha value is -1.43. The van der Waals surface area contributed by atoms with Crippen molar-refractivity contribution < 1.29 is 9.21 Å². The van der Waals surface area contributed by atoms with E-state index >= 15 is 0 Å². The second-order valence-electron chi connectivity index (χ2n) is 3.10. The fourth-order valence-electron chi connectivity index (χ4n) is 1.12. The van der Waals surface area contributed by atoms with Crippen LogP contribution in [-0.2, 0) is 0 Å². The third-order valence-electron chi connectivity index (χ3n) is 2.01. The SMILES string of the molecule is CCC(NC(=O)c1ocnc1C)C(N)=S. The van der Waals surface area contributed by atoms with Crippen molar-refractivity contribution in [2.45, 2.75) is 26.3 Å². The minimum atomic E-state index is -0.343. The fourth-order valence-corrected chi connectivity index (χ4v) is 1.34. The van der Waals surface area contributed by atoms with Crippen LogP contribution in [0.25, 0.3) is 0 Å². The van der Waals surface area contributed by atoms with Crippen molar-refractivity contribution in [1.29, 1.82) is 0 Å². The summed E-state index contributed by atoms with van der Waals surface area (Å²) in [5.74, 6) is -0.144. The van der Waals surface area contributed by atoms with Gasteiger partial charge in [-0.25, -0.2) is 4.98 Å². The molecule has 1 unspecified atom stereocenters. The molecule has 1 rings (SSSR count). The minimum Gasteiger partial charge on any atom is -0.438 e. The van der Waals surface area contributed by atoms with Crippen LogP contribution in [0.2, 0.25) is 0 Å². The summed E-state index contributed by atoms with van der Waals surface area (Å²) in [6.07, 6.45) is 1.88. The number of aromatic nitrogens is 1. The molecule has 0 spiro atoms. The molecule has 0 radical (unpaired) electrons. The predicted molar refractivity (Wildman–Crippen MR) is 59.6 cm³/mol. The summed E-state index contributed by atoms with van der Waals surface area (Å²) < 4.78 is 4.94. The van der Waals surface area contributed by atoms with E-state index in [2.05, 4.69) is 10.3 Å². The maximum absolute atomic E-state index is 11.6. The van der Waals surface area contributed by atoms with Crippen LogP contribution in [0.4, 0.5) is 0 Å². The number of amides is 1. The maximum Gasteiger partial charge on any atom is 0.289 e. The molecule has 3 N–H and O–H groups in total. The molecule has 1 heterocycles. The highest BCUT2D eigenvalue weighted by atomic mass is 32.1. The first-order chi connectivity index (χ1) is 7.06. The second kappa shape index (κ2) is 4.88. The molecule has 1 amide bonds. The van der Waals surface area contributed by atoms with Crippen LogP contribution in [0.3, 0.4) is 0 Å². The van der Waals surface area contributed by atoms with Gasteiger partial charge in [-0.2, -0.15) is 0 Å². The molecule has 0 aromatic carbocycles. The number of thiocarbonyl (C=S) groups is 1. The topological polar surface area (TPSA) is 81.2 Å². The first-order valence-electron chi connectivity index (χ1n) is 4.56. The number of nitrogens with one attached hydrogen (secondary N) is 1. The third-order valence-corrected chi connectivity index (χ3v) is 2.29. The molecule has 0 aliphatic carbocycles. The molecule has 5 nitrogen and oxygen atoms in total. The minimum absolute atomic E-state index is 0.199. The van der Waals surface area contributed by atoms with Crippen LogP contribution in [-0.4, -0.2) is 21.9 Å². The van der Waals surface area contributed by atoms with E-state index in [0.29, 0.717) is 12.1 Å². The Morgan fingerprint density at radius 2 is 2.47 bits per heavy atom. The van der Waals surface area contributed by atoms with E-state index < -0.39 is 0 Å². The second-order valence-corrected chi connectivity index (χ2v) is 3.57. The number of hydrogen-bond donors (Lipinski definition) is 2. The van der Waals surface area contributed by atoms with Gasteiger partial charge in [-0.15, -0.1) is 0 Å². The van der Waals surface area contributed by atoms with Gasteiger partial charge in [0.25, 0.3) is 5.91 Å². The third kappa shape index (κ3) is 2.76. The van der Waals surface area contributed by atoms with Gasteiger partial charge in [0.1, 0.15) is 0 Å². The molecule has 1 aromatic rings. The zero-order valence-corrected chi connectivity index (χ0v) is 9.43. The van der Waals surface area contributed by atoms with Crippen LogP contribution in [0.15, 0.2) is 10.8 Å². The largest absolute Gasteiger partial charge is 0.438 e. The van der Waals surface area contributed by atoms with Crippen molar-refractivity contribution in [3.05, 3.63) is 17.8 Å². The number of rotatable bonds is 4. The van der Waals surface area contributed by atoms with Crippen molar-refractivity contribution in [2.24, 2.45) is 5.73 Å². The summed E-state index contributed by atoms with van der Waals surface area (Å²) in [7, 11) is 0. The van der Waals surface area contributed by atoms with Gasteiger partial charge in [0, 0.05) is 0 Å². The van der Waals surface area contributed by atoms with Crippen LogP contribution in [0, 0.1) is 6.92 Å². The summed E-state index contributed by atoms with van der Waals surface area (Å²) in [6.45, 7) is 3.58. The molecule has 0 saturated carbocycles. The van der Waals surface area contributed by atoms with E-state index in [0.717, 1.165) is 0 Å². The molecule has 0 aliphatic rings. The normalized spacial score (nSPS) is 12.1. The lowest BCUT2D eigenvalue weighted by atomic mass is 10.2. The van der Waals surface area contributed by atoms with Gasteiger partial charge in [0.2, 0.25) is 5.76 Å². The fraction of sp³-hybridized carbons (Fsp3) is 0.444. The molecule has 6 heteroatoms. The monoisotopic (exact) mass is 227 g/mol. The highest BCUT2D eigenvalue weighted by Crippen LogP contribution is 2.05. The molecule has 15 heavy (non-hydrogen) atoms. The average molecular weight is 227 g/mol. The highest BCUT2D eigenvalue weighted by Gasteiger charge is 2.18. The molecular weight excluding hydrogens is 214 g/mol. The van der Waals surface area contributed by atoms with Crippen LogP contribution in [0.1, 0.15) is 29.6 Å². The molecular formula is C9H13N3O2S. The number of hydrogen-bond acceptors (Lipinski definition) is 4. The van der Waals surface area contributed by atoms with Crippen molar-refractivity contribution in [2.75, 3.05) is 0 Å². The average Bonchev–Trinajstić information content (AvgIpc) is 2.60. The Labute approximate surface area is 93.0 Å². The van der Waals surface area contributed by atoms with Gasteiger partial charge in [-0.3, -0.25) is 4.79 Å². The molecule has 82 valence electrons. The number of nitrogens with zero attached hydrogens (tertiary/aromatic N) is 1. The quantitative estimate of drug-likeness (QED) is 0.743. The Morgan fingerprint density at radius 1 is 1.80 bits per heavy atom.